The molecule has 0 radical (unpaired) electrons. The van der Waals surface area contributed by atoms with Crippen molar-refractivity contribution in [1.82, 2.24) is 9.97 Å². The van der Waals surface area contributed by atoms with Crippen LogP contribution in [0.2, 0.25) is 0 Å². The molecule has 1 aromatic heterocycles. The molecule has 0 unspecified atom stereocenters. The first kappa shape index (κ1) is 23.1. The number of alkyl halides is 2. The number of anilines is 2. The normalized spacial score (nSPS) is 11.3. The molecule has 3 aromatic rings. The summed E-state index contributed by atoms with van der Waals surface area (Å²) >= 11 is 0. The predicted molar refractivity (Wildman–Crippen MR) is 117 cm³/mol. The van der Waals surface area contributed by atoms with E-state index >= 15 is 0 Å². The monoisotopic (exact) mass is 443 g/mol. The summed E-state index contributed by atoms with van der Waals surface area (Å²) in [7, 11) is 1.66. The minimum Gasteiger partial charge on any atom is -0.369 e. The van der Waals surface area contributed by atoms with Gasteiger partial charge in [0.25, 0.3) is 5.92 Å². The smallest absolute Gasteiger partial charge is 0.270 e. The third-order valence-electron chi connectivity index (χ3n) is 4.87. The zero-order valence-corrected chi connectivity index (χ0v) is 17.8. The first-order valence-electron chi connectivity index (χ1n) is 9.92. The van der Waals surface area contributed by atoms with Gasteiger partial charge in [0.05, 0.1) is 6.42 Å². The lowest BCUT2D eigenvalue weighted by molar-refractivity contribution is -0.117. The lowest BCUT2D eigenvalue weighted by atomic mass is 10.1. The number of halogens is 3. The van der Waals surface area contributed by atoms with Crippen molar-refractivity contribution in [2.75, 3.05) is 17.3 Å². The number of nitrogens with two attached hydrogens (primary N) is 1. The van der Waals surface area contributed by atoms with Crippen LogP contribution in [0.4, 0.5) is 24.8 Å². The van der Waals surface area contributed by atoms with E-state index in [1.165, 1.54) is 18.5 Å². The summed E-state index contributed by atoms with van der Waals surface area (Å²) in [6.45, 7) is 1.44. The Hall–Kier alpha value is -3.62. The van der Waals surface area contributed by atoms with E-state index in [-0.39, 0.29) is 30.2 Å². The predicted octanol–water partition coefficient (Wildman–Crippen LogP) is 4.00. The Morgan fingerprint density at radius 3 is 2.22 bits per heavy atom. The molecular formula is C23H24F3N5O. The van der Waals surface area contributed by atoms with Crippen molar-refractivity contribution in [2.24, 2.45) is 5.73 Å². The SMILES string of the molecule is CN(Cc1ccc(C(C)(F)F)cc1)c1ncnc(NCc2ccc(CC(N)=O)cc2)c1F. The quantitative estimate of drug-likeness (QED) is 0.522. The fourth-order valence-electron chi connectivity index (χ4n) is 3.16. The zero-order chi connectivity index (χ0) is 23.3. The second kappa shape index (κ2) is 9.67. The number of primary amides is 1. The van der Waals surface area contributed by atoms with Gasteiger partial charge in [-0.25, -0.2) is 18.7 Å². The topological polar surface area (TPSA) is 84.1 Å². The number of hydrogen-bond donors (Lipinski definition) is 2. The Kier molecular flexibility index (Phi) is 6.97. The Morgan fingerprint density at radius 1 is 1.03 bits per heavy atom. The van der Waals surface area contributed by atoms with Crippen LogP contribution in [0.5, 0.6) is 0 Å². The second-order valence-electron chi connectivity index (χ2n) is 7.61. The molecular weight excluding hydrogens is 419 g/mol. The van der Waals surface area contributed by atoms with Crippen LogP contribution in [0.3, 0.4) is 0 Å². The molecule has 0 fully saturated rings. The number of nitrogens with one attached hydrogen (secondary N) is 1. The summed E-state index contributed by atoms with van der Waals surface area (Å²) in [4.78, 5) is 20.6. The molecule has 0 aliphatic heterocycles. The van der Waals surface area contributed by atoms with Crippen molar-refractivity contribution in [2.45, 2.75) is 32.4 Å². The number of carbonyl (C=O) groups is 1. The maximum atomic E-state index is 15.0. The molecule has 3 rings (SSSR count). The van der Waals surface area contributed by atoms with Gasteiger partial charge in [-0.15, -0.1) is 0 Å². The van der Waals surface area contributed by atoms with E-state index in [1.54, 1.807) is 36.2 Å². The van der Waals surface area contributed by atoms with Gasteiger partial charge in [-0.1, -0.05) is 48.5 Å². The van der Waals surface area contributed by atoms with Crippen LogP contribution < -0.4 is 16.0 Å². The van der Waals surface area contributed by atoms with Crippen LogP contribution in [0, 0.1) is 5.82 Å². The lowest BCUT2D eigenvalue weighted by Gasteiger charge is -2.20. The van der Waals surface area contributed by atoms with Crippen LogP contribution in [0.15, 0.2) is 54.9 Å². The highest BCUT2D eigenvalue weighted by atomic mass is 19.3. The van der Waals surface area contributed by atoms with Crippen LogP contribution in [-0.2, 0) is 30.2 Å². The van der Waals surface area contributed by atoms with E-state index in [4.69, 9.17) is 5.73 Å². The van der Waals surface area contributed by atoms with Gasteiger partial charge in [-0.05, 0) is 16.7 Å². The molecule has 3 N–H and O–H groups in total. The van der Waals surface area contributed by atoms with Crippen molar-refractivity contribution in [3.05, 3.63) is 82.9 Å². The number of nitrogens with zero attached hydrogens (tertiary/aromatic N) is 3. The van der Waals surface area contributed by atoms with Crippen LogP contribution in [0.25, 0.3) is 0 Å². The molecule has 0 aliphatic carbocycles. The van der Waals surface area contributed by atoms with Crippen molar-refractivity contribution in [3.63, 3.8) is 0 Å². The average molecular weight is 443 g/mol. The van der Waals surface area contributed by atoms with Gasteiger partial charge >= 0.3 is 0 Å². The molecule has 1 heterocycles. The Labute approximate surface area is 184 Å². The van der Waals surface area contributed by atoms with Gasteiger partial charge in [0.15, 0.2) is 11.6 Å². The first-order valence-corrected chi connectivity index (χ1v) is 9.92. The molecule has 0 bridgehead atoms. The van der Waals surface area contributed by atoms with E-state index in [0.717, 1.165) is 23.6 Å². The molecule has 0 saturated heterocycles. The Morgan fingerprint density at radius 2 is 1.62 bits per heavy atom. The van der Waals surface area contributed by atoms with Crippen molar-refractivity contribution in [1.29, 1.82) is 0 Å². The van der Waals surface area contributed by atoms with Gasteiger partial charge < -0.3 is 16.0 Å². The van der Waals surface area contributed by atoms with E-state index in [1.807, 2.05) is 12.1 Å². The number of benzene rings is 2. The number of rotatable bonds is 9. The van der Waals surface area contributed by atoms with Gasteiger partial charge in [-0.2, -0.15) is 4.39 Å². The summed E-state index contributed by atoms with van der Waals surface area (Å²) in [5.74, 6) is -3.80. The van der Waals surface area contributed by atoms with E-state index < -0.39 is 17.6 Å². The summed E-state index contributed by atoms with van der Waals surface area (Å²) in [6.07, 6.45) is 1.42. The molecule has 32 heavy (non-hydrogen) atoms. The molecule has 6 nitrogen and oxygen atoms in total. The molecule has 2 aromatic carbocycles. The summed E-state index contributed by atoms with van der Waals surface area (Å²) < 4.78 is 41.7. The summed E-state index contributed by atoms with van der Waals surface area (Å²) in [6, 6.07) is 13.1. The highest BCUT2D eigenvalue weighted by Gasteiger charge is 2.23. The summed E-state index contributed by atoms with van der Waals surface area (Å²) in [5, 5.41) is 2.94. The van der Waals surface area contributed by atoms with Crippen LogP contribution >= 0.6 is 0 Å². The minimum atomic E-state index is -2.91. The number of amides is 1. The zero-order valence-electron chi connectivity index (χ0n) is 17.8. The second-order valence-corrected chi connectivity index (χ2v) is 7.61. The van der Waals surface area contributed by atoms with E-state index in [2.05, 4.69) is 15.3 Å². The fraction of sp³-hybridized carbons (Fsp3) is 0.261. The van der Waals surface area contributed by atoms with Gasteiger partial charge in [0.2, 0.25) is 11.7 Å². The van der Waals surface area contributed by atoms with Gasteiger partial charge in [-0.3, -0.25) is 4.79 Å². The van der Waals surface area contributed by atoms with Gasteiger partial charge in [0.1, 0.15) is 6.33 Å². The molecule has 0 saturated carbocycles. The van der Waals surface area contributed by atoms with E-state index in [0.29, 0.717) is 6.54 Å². The number of aromatic nitrogens is 2. The van der Waals surface area contributed by atoms with Crippen molar-refractivity contribution < 1.29 is 18.0 Å². The van der Waals surface area contributed by atoms with Crippen molar-refractivity contribution in [3.8, 4) is 0 Å². The van der Waals surface area contributed by atoms with Crippen LogP contribution in [0.1, 0.15) is 29.2 Å². The highest BCUT2D eigenvalue weighted by molar-refractivity contribution is 5.76. The molecule has 0 aliphatic rings. The molecule has 0 spiro atoms. The Balaban J connectivity index is 1.66. The average Bonchev–Trinajstić information content (AvgIpc) is 2.73. The first-order chi connectivity index (χ1) is 15.1. The Bertz CT molecular complexity index is 1070. The molecule has 168 valence electrons. The fourth-order valence-corrected chi connectivity index (χ4v) is 3.16. The van der Waals surface area contributed by atoms with Gasteiger partial charge in [0, 0.05) is 32.6 Å². The third-order valence-corrected chi connectivity index (χ3v) is 4.87. The molecule has 0 atom stereocenters. The van der Waals surface area contributed by atoms with Crippen molar-refractivity contribution >= 4 is 17.5 Å². The minimum absolute atomic E-state index is 0.0454. The number of hydrogen-bond acceptors (Lipinski definition) is 5. The summed E-state index contributed by atoms with van der Waals surface area (Å²) in [5.41, 5.74) is 7.52. The molecule has 1 amide bonds. The highest BCUT2D eigenvalue weighted by Crippen LogP contribution is 2.27. The lowest BCUT2D eigenvalue weighted by Crippen LogP contribution is -2.20. The standard InChI is InChI=1S/C23H24F3N5O/c1-23(25,26)18-9-7-17(8-10-18)13-31(2)22-20(24)21(29-14-30-22)28-12-16-5-3-15(4-6-16)11-19(27)32/h3-10,14H,11-13H2,1-2H3,(H2,27,32)(H,28,29,30). The largest absolute Gasteiger partial charge is 0.369 e. The van der Waals surface area contributed by atoms with E-state index in [9.17, 15) is 18.0 Å². The third kappa shape index (κ3) is 5.96. The molecule has 9 heteroatoms. The number of carbonyl (C=O) groups excluding carboxylic acids is 1. The van der Waals surface area contributed by atoms with Crippen LogP contribution in [-0.4, -0.2) is 22.9 Å². The maximum Gasteiger partial charge on any atom is 0.270 e. The maximum absolute atomic E-state index is 15.0.